The summed E-state index contributed by atoms with van der Waals surface area (Å²) in [7, 11) is 0. The van der Waals surface area contributed by atoms with Crippen molar-refractivity contribution in [3.63, 3.8) is 0 Å². The van der Waals surface area contributed by atoms with E-state index in [1.54, 1.807) is 0 Å². The molecule has 0 radical (unpaired) electrons. The topological polar surface area (TPSA) is 16.4 Å². The minimum Gasteiger partial charge on any atom is -0.453 e. The predicted octanol–water partition coefficient (Wildman–Crippen LogP) is 15.1. The van der Waals surface area contributed by atoms with Crippen LogP contribution in [0.25, 0.3) is 85.9 Å². The third kappa shape index (κ3) is 4.78. The first kappa shape index (κ1) is 30.0. The number of rotatable bonds is 5. The molecule has 0 atom stereocenters. The molecule has 2 nitrogen and oxygen atoms in total. The van der Waals surface area contributed by atoms with Crippen LogP contribution >= 0.6 is 11.3 Å². The van der Waals surface area contributed by atoms with Gasteiger partial charge in [0, 0.05) is 47.9 Å². The third-order valence-corrected chi connectivity index (χ3v) is 11.8. The molecule has 0 fully saturated rings. The van der Waals surface area contributed by atoms with Gasteiger partial charge in [0.05, 0.1) is 5.69 Å². The average Bonchev–Trinajstić information content (AvgIpc) is 3.80. The molecule has 0 aliphatic rings. The summed E-state index contributed by atoms with van der Waals surface area (Å²) in [6.07, 6.45) is 0. The van der Waals surface area contributed by atoms with Gasteiger partial charge in [0.2, 0.25) is 0 Å². The molecule has 11 aromatic rings. The number of nitrogens with zero attached hydrogens (tertiary/aromatic N) is 1. The Morgan fingerprint density at radius 2 is 0.981 bits per heavy atom. The zero-order valence-electron chi connectivity index (χ0n) is 28.7. The zero-order valence-corrected chi connectivity index (χ0v) is 29.5. The van der Waals surface area contributed by atoms with Gasteiger partial charge in [-0.1, -0.05) is 140 Å². The molecule has 0 spiro atoms. The van der Waals surface area contributed by atoms with Crippen LogP contribution in [0.5, 0.6) is 0 Å². The van der Waals surface area contributed by atoms with Gasteiger partial charge in [-0.3, -0.25) is 0 Å². The third-order valence-electron chi connectivity index (χ3n) is 10.7. The van der Waals surface area contributed by atoms with Crippen LogP contribution in [0.3, 0.4) is 0 Å². The molecule has 11 rings (SSSR count). The number of anilines is 3. The fraction of sp³-hybridized carbons (Fsp3) is 0. The second-order valence-electron chi connectivity index (χ2n) is 13.7. The van der Waals surface area contributed by atoms with Crippen molar-refractivity contribution in [2.75, 3.05) is 4.90 Å². The lowest BCUT2D eigenvalue weighted by atomic mass is 9.93. The SMILES string of the molecule is c1ccc(-c2cccc3c2oc2c(N(c4ccc(-c5cc6ccccc6c6ccccc56)cc4)c4ccc5sc6ccccc6c5c4)cccc23)cc1. The van der Waals surface area contributed by atoms with Crippen molar-refractivity contribution in [3.05, 3.63) is 188 Å². The van der Waals surface area contributed by atoms with Crippen LogP contribution in [0.15, 0.2) is 192 Å². The number of benzene rings is 9. The molecule has 0 amide bonds. The van der Waals surface area contributed by atoms with Crippen LogP contribution in [0, 0.1) is 0 Å². The minimum atomic E-state index is 0.866. The van der Waals surface area contributed by atoms with E-state index in [1.165, 1.54) is 52.8 Å². The molecular formula is C50H31NOS. The highest BCUT2D eigenvalue weighted by Crippen LogP contribution is 2.46. The van der Waals surface area contributed by atoms with Crippen molar-refractivity contribution in [1.82, 2.24) is 0 Å². The summed E-state index contributed by atoms with van der Waals surface area (Å²) in [5.74, 6) is 0. The second-order valence-corrected chi connectivity index (χ2v) is 14.7. The molecule has 0 aliphatic carbocycles. The Morgan fingerprint density at radius 1 is 0.358 bits per heavy atom. The number of furan rings is 1. The van der Waals surface area contributed by atoms with Crippen LogP contribution in [0.2, 0.25) is 0 Å². The van der Waals surface area contributed by atoms with E-state index in [0.29, 0.717) is 0 Å². The first-order valence-electron chi connectivity index (χ1n) is 18.0. The second kappa shape index (κ2) is 11.9. The van der Waals surface area contributed by atoms with Crippen molar-refractivity contribution < 1.29 is 4.42 Å². The van der Waals surface area contributed by atoms with Crippen molar-refractivity contribution in [3.8, 4) is 22.3 Å². The average molecular weight is 694 g/mol. The standard InChI is InChI=1S/C50H31NOS/c1-2-12-32(13-3-1)38-19-10-20-42-43-21-11-22-46(50(43)52-49(38)42)51(36-28-29-48-45(31-36)41-18-8-9-23-47(41)53-48)35-26-24-33(25-27-35)44-30-34-14-4-5-15-37(34)39-16-6-7-17-40(39)44/h1-31H. The fourth-order valence-electron chi connectivity index (χ4n) is 8.19. The summed E-state index contributed by atoms with van der Waals surface area (Å²) >= 11 is 1.84. The van der Waals surface area contributed by atoms with E-state index in [-0.39, 0.29) is 0 Å². The molecule has 2 aromatic heterocycles. The minimum absolute atomic E-state index is 0.866. The Bertz CT molecular complexity index is 3170. The fourth-order valence-corrected chi connectivity index (χ4v) is 9.28. The van der Waals surface area contributed by atoms with Gasteiger partial charge in [0.15, 0.2) is 5.58 Å². The van der Waals surface area contributed by atoms with E-state index < -0.39 is 0 Å². The summed E-state index contributed by atoms with van der Waals surface area (Å²) in [6.45, 7) is 0. The van der Waals surface area contributed by atoms with E-state index >= 15 is 0 Å². The summed E-state index contributed by atoms with van der Waals surface area (Å²) in [5, 5.41) is 9.80. The molecule has 9 aromatic carbocycles. The molecular weight excluding hydrogens is 663 g/mol. The Hall–Kier alpha value is -6.68. The molecule has 0 saturated heterocycles. The van der Waals surface area contributed by atoms with Gasteiger partial charge in [-0.25, -0.2) is 0 Å². The normalized spacial score (nSPS) is 11.8. The number of para-hydroxylation sites is 2. The molecule has 0 N–H and O–H groups in total. The lowest BCUT2D eigenvalue weighted by Gasteiger charge is -2.26. The van der Waals surface area contributed by atoms with Crippen molar-refractivity contribution >= 4 is 92.1 Å². The van der Waals surface area contributed by atoms with Crippen LogP contribution in [0.1, 0.15) is 0 Å². The first-order chi connectivity index (χ1) is 26.3. The predicted molar refractivity (Wildman–Crippen MR) is 227 cm³/mol. The maximum absolute atomic E-state index is 6.98. The molecule has 0 saturated carbocycles. The maximum Gasteiger partial charge on any atom is 0.159 e. The lowest BCUT2D eigenvalue weighted by Crippen LogP contribution is -2.10. The molecule has 2 heterocycles. The maximum atomic E-state index is 6.98. The van der Waals surface area contributed by atoms with E-state index in [4.69, 9.17) is 4.42 Å². The van der Waals surface area contributed by atoms with Crippen molar-refractivity contribution in [2.45, 2.75) is 0 Å². The number of hydrogen-bond acceptors (Lipinski definition) is 3. The first-order valence-corrected chi connectivity index (χ1v) is 18.8. The molecule has 53 heavy (non-hydrogen) atoms. The van der Waals surface area contributed by atoms with Gasteiger partial charge in [0.1, 0.15) is 5.58 Å². The largest absolute Gasteiger partial charge is 0.453 e. The van der Waals surface area contributed by atoms with E-state index in [2.05, 4.69) is 193 Å². The Labute approximate surface area is 310 Å². The van der Waals surface area contributed by atoms with Gasteiger partial charge in [-0.2, -0.15) is 0 Å². The Kier molecular flexibility index (Phi) is 6.76. The monoisotopic (exact) mass is 693 g/mol. The van der Waals surface area contributed by atoms with Crippen LogP contribution < -0.4 is 4.90 Å². The molecule has 248 valence electrons. The number of hydrogen-bond donors (Lipinski definition) is 0. The summed E-state index contributed by atoms with van der Waals surface area (Å²) in [4.78, 5) is 2.36. The van der Waals surface area contributed by atoms with Gasteiger partial charge in [0.25, 0.3) is 0 Å². The summed E-state index contributed by atoms with van der Waals surface area (Å²) in [6, 6.07) is 67.9. The van der Waals surface area contributed by atoms with Gasteiger partial charge in [-0.15, -0.1) is 11.3 Å². The highest BCUT2D eigenvalue weighted by Gasteiger charge is 2.22. The molecule has 0 unspecified atom stereocenters. The Morgan fingerprint density at radius 3 is 1.83 bits per heavy atom. The van der Waals surface area contributed by atoms with Crippen LogP contribution in [-0.4, -0.2) is 0 Å². The number of thiophene rings is 1. The highest BCUT2D eigenvalue weighted by molar-refractivity contribution is 7.25. The lowest BCUT2D eigenvalue weighted by molar-refractivity contribution is 0.670. The summed E-state index contributed by atoms with van der Waals surface area (Å²) < 4.78 is 9.56. The van der Waals surface area contributed by atoms with Crippen LogP contribution in [-0.2, 0) is 0 Å². The zero-order chi connectivity index (χ0) is 34.9. The van der Waals surface area contributed by atoms with Gasteiger partial charge < -0.3 is 9.32 Å². The van der Waals surface area contributed by atoms with E-state index in [1.807, 2.05) is 11.3 Å². The quantitative estimate of drug-likeness (QED) is 0.167. The number of fused-ring (bicyclic) bond motifs is 9. The van der Waals surface area contributed by atoms with Gasteiger partial charge >= 0.3 is 0 Å². The van der Waals surface area contributed by atoms with Crippen molar-refractivity contribution in [2.24, 2.45) is 0 Å². The molecule has 0 aliphatic heterocycles. The Balaban J connectivity index is 1.13. The summed E-state index contributed by atoms with van der Waals surface area (Å²) in [5.41, 5.74) is 9.57. The molecule has 3 heteroatoms. The van der Waals surface area contributed by atoms with Gasteiger partial charge in [-0.05, 0) is 86.8 Å². The smallest absolute Gasteiger partial charge is 0.159 e. The van der Waals surface area contributed by atoms with E-state index in [0.717, 1.165) is 50.1 Å². The van der Waals surface area contributed by atoms with Crippen molar-refractivity contribution in [1.29, 1.82) is 0 Å². The highest BCUT2D eigenvalue weighted by atomic mass is 32.1. The van der Waals surface area contributed by atoms with E-state index in [9.17, 15) is 0 Å². The van der Waals surface area contributed by atoms with Crippen LogP contribution in [0.4, 0.5) is 17.1 Å². The molecule has 0 bridgehead atoms.